The van der Waals surface area contributed by atoms with Crippen molar-refractivity contribution in [2.75, 3.05) is 13.1 Å². The van der Waals surface area contributed by atoms with Crippen molar-refractivity contribution >= 4 is 21.6 Å². The average molecular weight is 275 g/mol. The van der Waals surface area contributed by atoms with E-state index >= 15 is 0 Å². The number of benzene rings is 1. The van der Waals surface area contributed by atoms with E-state index in [1.165, 1.54) is 29.2 Å². The number of fused-ring (bicyclic) bond motifs is 1. The van der Waals surface area contributed by atoms with Crippen molar-refractivity contribution < 1.29 is 0 Å². The molecular formula is C15H21N3S. The molecule has 102 valence electrons. The van der Waals surface area contributed by atoms with Gasteiger partial charge in [-0.2, -0.15) is 0 Å². The molecule has 0 radical (unpaired) electrons. The van der Waals surface area contributed by atoms with Crippen molar-refractivity contribution in [1.82, 2.24) is 15.2 Å². The van der Waals surface area contributed by atoms with Gasteiger partial charge in [0.25, 0.3) is 0 Å². The van der Waals surface area contributed by atoms with E-state index in [0.717, 1.165) is 12.1 Å². The Morgan fingerprint density at radius 1 is 1.42 bits per heavy atom. The molecule has 1 aromatic carbocycles. The summed E-state index contributed by atoms with van der Waals surface area (Å²) in [6, 6.07) is 9.65. The van der Waals surface area contributed by atoms with Crippen LogP contribution in [0.1, 0.15) is 25.3 Å². The molecule has 1 saturated heterocycles. The van der Waals surface area contributed by atoms with Gasteiger partial charge >= 0.3 is 0 Å². The fourth-order valence-corrected chi connectivity index (χ4v) is 3.57. The normalized spacial score (nSPS) is 20.7. The predicted octanol–water partition coefficient (Wildman–Crippen LogP) is 2.87. The first-order valence-corrected chi connectivity index (χ1v) is 7.86. The Hall–Kier alpha value is -0.970. The lowest BCUT2D eigenvalue weighted by Crippen LogP contribution is -2.34. The molecule has 1 atom stereocenters. The number of nitrogens with one attached hydrogen (secondary N) is 1. The number of hydrogen-bond donors (Lipinski definition) is 1. The lowest BCUT2D eigenvalue weighted by molar-refractivity contribution is 0.268. The van der Waals surface area contributed by atoms with Crippen LogP contribution < -0.4 is 5.32 Å². The maximum atomic E-state index is 4.67. The molecule has 0 aliphatic carbocycles. The Bertz CT molecular complexity index is 516. The Labute approximate surface area is 118 Å². The highest BCUT2D eigenvalue weighted by Gasteiger charge is 2.23. The summed E-state index contributed by atoms with van der Waals surface area (Å²) in [6.07, 6.45) is 1.25. The van der Waals surface area contributed by atoms with Crippen LogP contribution in [-0.4, -0.2) is 35.1 Å². The van der Waals surface area contributed by atoms with Crippen molar-refractivity contribution in [2.45, 2.75) is 38.9 Å². The smallest absolute Gasteiger partial charge is 0.108 e. The summed E-state index contributed by atoms with van der Waals surface area (Å²) in [5.41, 5.74) is 1.12. The van der Waals surface area contributed by atoms with Gasteiger partial charge in [0.1, 0.15) is 5.01 Å². The Balaban J connectivity index is 1.58. The van der Waals surface area contributed by atoms with Crippen molar-refractivity contribution in [3.05, 3.63) is 29.3 Å². The third-order valence-corrected chi connectivity index (χ3v) is 4.87. The van der Waals surface area contributed by atoms with Crippen LogP contribution >= 0.6 is 11.3 Å². The van der Waals surface area contributed by atoms with E-state index in [9.17, 15) is 0 Å². The molecule has 1 aliphatic heterocycles. The van der Waals surface area contributed by atoms with Gasteiger partial charge in [-0.05, 0) is 38.9 Å². The molecule has 0 amide bonds. The number of para-hydroxylation sites is 1. The third kappa shape index (κ3) is 2.96. The second-order valence-corrected chi connectivity index (χ2v) is 6.65. The molecule has 2 aromatic rings. The Morgan fingerprint density at radius 3 is 3.00 bits per heavy atom. The van der Waals surface area contributed by atoms with Crippen LogP contribution in [0.25, 0.3) is 10.2 Å². The second-order valence-electron chi connectivity index (χ2n) is 5.53. The SMILES string of the molecule is CC(C)N1CCC(NCc2nc3ccccc3s2)C1. The van der Waals surface area contributed by atoms with Gasteiger partial charge in [0.15, 0.2) is 0 Å². The number of hydrogen-bond acceptors (Lipinski definition) is 4. The van der Waals surface area contributed by atoms with Gasteiger partial charge in [0.05, 0.1) is 10.2 Å². The molecule has 4 heteroatoms. The molecule has 2 heterocycles. The summed E-state index contributed by atoms with van der Waals surface area (Å²) in [6.45, 7) is 7.83. The lowest BCUT2D eigenvalue weighted by Gasteiger charge is -2.20. The topological polar surface area (TPSA) is 28.2 Å². The van der Waals surface area contributed by atoms with Crippen molar-refractivity contribution in [2.24, 2.45) is 0 Å². The highest BCUT2D eigenvalue weighted by Crippen LogP contribution is 2.21. The van der Waals surface area contributed by atoms with Gasteiger partial charge in [-0.15, -0.1) is 11.3 Å². The molecule has 1 aliphatic rings. The quantitative estimate of drug-likeness (QED) is 0.930. The van der Waals surface area contributed by atoms with Crippen molar-refractivity contribution in [3.8, 4) is 0 Å². The molecule has 1 N–H and O–H groups in total. The standard InChI is InChI=1S/C15H21N3S/c1-11(2)18-8-7-12(10-18)16-9-15-17-13-5-3-4-6-14(13)19-15/h3-6,11-12,16H,7-10H2,1-2H3. The number of thiazole rings is 1. The number of rotatable bonds is 4. The van der Waals surface area contributed by atoms with Crippen LogP contribution in [0.2, 0.25) is 0 Å². The summed E-state index contributed by atoms with van der Waals surface area (Å²) >= 11 is 1.80. The van der Waals surface area contributed by atoms with Gasteiger partial charge in [-0.25, -0.2) is 4.98 Å². The molecule has 0 bridgehead atoms. The third-order valence-electron chi connectivity index (χ3n) is 3.83. The fraction of sp³-hybridized carbons (Fsp3) is 0.533. The highest BCUT2D eigenvalue weighted by atomic mass is 32.1. The highest BCUT2D eigenvalue weighted by molar-refractivity contribution is 7.18. The maximum Gasteiger partial charge on any atom is 0.108 e. The van der Waals surface area contributed by atoms with E-state index in [2.05, 4.69) is 53.3 Å². The van der Waals surface area contributed by atoms with Crippen LogP contribution in [0.15, 0.2) is 24.3 Å². The zero-order chi connectivity index (χ0) is 13.2. The van der Waals surface area contributed by atoms with Gasteiger partial charge < -0.3 is 5.32 Å². The van der Waals surface area contributed by atoms with E-state index in [1.54, 1.807) is 11.3 Å². The summed E-state index contributed by atoms with van der Waals surface area (Å²) < 4.78 is 1.29. The minimum Gasteiger partial charge on any atom is -0.306 e. The second kappa shape index (κ2) is 5.57. The lowest BCUT2D eigenvalue weighted by atomic mass is 10.2. The van der Waals surface area contributed by atoms with Crippen LogP contribution in [-0.2, 0) is 6.54 Å². The molecular weight excluding hydrogens is 254 g/mol. The van der Waals surface area contributed by atoms with Crippen LogP contribution in [0.4, 0.5) is 0 Å². The van der Waals surface area contributed by atoms with Gasteiger partial charge in [0, 0.05) is 25.2 Å². The van der Waals surface area contributed by atoms with E-state index < -0.39 is 0 Å². The summed E-state index contributed by atoms with van der Waals surface area (Å²) in [7, 11) is 0. The number of aromatic nitrogens is 1. The fourth-order valence-electron chi connectivity index (χ4n) is 2.65. The molecule has 1 aromatic heterocycles. The number of likely N-dealkylation sites (tertiary alicyclic amines) is 1. The Morgan fingerprint density at radius 2 is 2.26 bits per heavy atom. The Kier molecular flexibility index (Phi) is 3.82. The van der Waals surface area contributed by atoms with Crippen LogP contribution in [0, 0.1) is 0 Å². The van der Waals surface area contributed by atoms with Gasteiger partial charge in [-0.1, -0.05) is 12.1 Å². The van der Waals surface area contributed by atoms with Crippen molar-refractivity contribution in [1.29, 1.82) is 0 Å². The minimum atomic E-state index is 0.620. The first kappa shape index (κ1) is 13.0. The summed E-state index contributed by atoms with van der Waals surface area (Å²) in [4.78, 5) is 7.21. The summed E-state index contributed by atoms with van der Waals surface area (Å²) in [5, 5.41) is 4.85. The molecule has 19 heavy (non-hydrogen) atoms. The molecule has 3 nitrogen and oxygen atoms in total. The largest absolute Gasteiger partial charge is 0.306 e. The zero-order valence-corrected chi connectivity index (χ0v) is 12.4. The maximum absolute atomic E-state index is 4.67. The molecule has 0 saturated carbocycles. The van der Waals surface area contributed by atoms with Gasteiger partial charge in [-0.3, -0.25) is 4.90 Å². The van der Waals surface area contributed by atoms with Crippen LogP contribution in [0.3, 0.4) is 0 Å². The molecule has 1 unspecified atom stereocenters. The van der Waals surface area contributed by atoms with E-state index in [-0.39, 0.29) is 0 Å². The minimum absolute atomic E-state index is 0.620. The van der Waals surface area contributed by atoms with Gasteiger partial charge in [0.2, 0.25) is 0 Å². The molecule has 1 fully saturated rings. The predicted molar refractivity (Wildman–Crippen MR) is 81.6 cm³/mol. The molecule has 0 spiro atoms. The van der Waals surface area contributed by atoms with E-state index in [0.29, 0.717) is 12.1 Å². The first-order chi connectivity index (χ1) is 9.22. The summed E-state index contributed by atoms with van der Waals surface area (Å²) in [5.74, 6) is 0. The van der Waals surface area contributed by atoms with E-state index in [4.69, 9.17) is 0 Å². The number of nitrogens with zero attached hydrogens (tertiary/aromatic N) is 2. The molecule has 3 rings (SSSR count). The monoisotopic (exact) mass is 275 g/mol. The van der Waals surface area contributed by atoms with Crippen molar-refractivity contribution in [3.63, 3.8) is 0 Å². The van der Waals surface area contributed by atoms with Crippen LogP contribution in [0.5, 0.6) is 0 Å². The zero-order valence-electron chi connectivity index (χ0n) is 11.6. The first-order valence-electron chi connectivity index (χ1n) is 7.04. The van der Waals surface area contributed by atoms with E-state index in [1.807, 2.05) is 0 Å². The average Bonchev–Trinajstić information content (AvgIpc) is 3.02.